The van der Waals surface area contributed by atoms with Crippen molar-refractivity contribution in [1.82, 2.24) is 0 Å². The summed E-state index contributed by atoms with van der Waals surface area (Å²) in [6.07, 6.45) is 5.22. The molecule has 2 N–H and O–H groups in total. The van der Waals surface area contributed by atoms with Crippen molar-refractivity contribution in [2.45, 2.75) is 51.7 Å². The third-order valence-corrected chi connectivity index (χ3v) is 6.62. The molecule has 2 aliphatic rings. The summed E-state index contributed by atoms with van der Waals surface area (Å²) in [6, 6.07) is 7.96. The predicted octanol–water partition coefficient (Wildman–Crippen LogP) is 3.21. The molecule has 2 saturated carbocycles. The number of sulfonamides is 1. The molecule has 0 aliphatic heterocycles. The Hall–Kier alpha value is -1.27. The van der Waals surface area contributed by atoms with Crippen molar-refractivity contribution in [1.29, 1.82) is 0 Å². The summed E-state index contributed by atoms with van der Waals surface area (Å²) in [4.78, 5) is 0. The minimum atomic E-state index is -3.22. The van der Waals surface area contributed by atoms with Gasteiger partial charge in [-0.15, -0.1) is 0 Å². The Bertz CT molecular complexity index is 638. The first-order chi connectivity index (χ1) is 11.0. The maximum absolute atomic E-state index is 11.6. The number of ether oxygens (including phenoxy) is 1. The zero-order valence-corrected chi connectivity index (χ0v) is 14.7. The SMILES string of the molecule is CCO[C@H]1C[C@@H](Nc2ccc(NS(=O)(=O)CC)cc2)C12CCC2. The minimum absolute atomic E-state index is 0.0798. The van der Waals surface area contributed by atoms with Crippen LogP contribution >= 0.6 is 0 Å². The molecule has 0 unspecified atom stereocenters. The fourth-order valence-electron chi connectivity index (χ4n) is 3.73. The summed E-state index contributed by atoms with van der Waals surface area (Å²) in [7, 11) is -3.22. The smallest absolute Gasteiger partial charge is 0.232 e. The second-order valence-electron chi connectivity index (χ2n) is 6.55. The summed E-state index contributed by atoms with van der Waals surface area (Å²) < 4.78 is 31.6. The van der Waals surface area contributed by atoms with Gasteiger partial charge < -0.3 is 10.1 Å². The molecule has 6 heteroatoms. The maximum Gasteiger partial charge on any atom is 0.232 e. The Morgan fingerprint density at radius 1 is 1.17 bits per heavy atom. The maximum atomic E-state index is 11.6. The van der Waals surface area contributed by atoms with Gasteiger partial charge in [0.05, 0.1) is 11.9 Å². The number of hydrogen-bond donors (Lipinski definition) is 2. The van der Waals surface area contributed by atoms with E-state index in [4.69, 9.17) is 4.74 Å². The molecule has 23 heavy (non-hydrogen) atoms. The Kier molecular flexibility index (Phi) is 4.56. The first-order valence-electron chi connectivity index (χ1n) is 8.48. The fraction of sp³-hybridized carbons (Fsp3) is 0.647. The lowest BCUT2D eigenvalue weighted by molar-refractivity contribution is -0.157. The molecule has 1 aromatic carbocycles. The summed E-state index contributed by atoms with van der Waals surface area (Å²) >= 11 is 0. The van der Waals surface area contributed by atoms with E-state index in [0.29, 0.717) is 23.2 Å². The molecule has 2 aliphatic carbocycles. The van der Waals surface area contributed by atoms with E-state index in [9.17, 15) is 8.42 Å². The fourth-order valence-corrected chi connectivity index (χ4v) is 4.37. The zero-order valence-electron chi connectivity index (χ0n) is 13.8. The van der Waals surface area contributed by atoms with Gasteiger partial charge in [-0.3, -0.25) is 4.72 Å². The zero-order chi connectivity index (χ0) is 16.5. The second-order valence-corrected chi connectivity index (χ2v) is 8.56. The second kappa shape index (κ2) is 6.32. The molecule has 0 saturated heterocycles. The van der Waals surface area contributed by atoms with Crippen molar-refractivity contribution in [2.75, 3.05) is 22.4 Å². The molecule has 3 rings (SSSR count). The lowest BCUT2D eigenvalue weighted by Crippen LogP contribution is -2.64. The molecular formula is C17H26N2O3S. The monoisotopic (exact) mass is 338 g/mol. The Balaban J connectivity index is 1.61. The van der Waals surface area contributed by atoms with Gasteiger partial charge in [-0.25, -0.2) is 8.42 Å². The van der Waals surface area contributed by atoms with Crippen LogP contribution in [0.25, 0.3) is 0 Å². The minimum Gasteiger partial charge on any atom is -0.382 e. The summed E-state index contributed by atoms with van der Waals surface area (Å²) in [5, 5.41) is 3.61. The molecule has 0 aromatic heterocycles. The van der Waals surface area contributed by atoms with E-state index in [0.717, 1.165) is 18.7 Å². The van der Waals surface area contributed by atoms with Gasteiger partial charge in [0.1, 0.15) is 0 Å². The van der Waals surface area contributed by atoms with E-state index in [-0.39, 0.29) is 5.75 Å². The van der Waals surface area contributed by atoms with Crippen LogP contribution in [0.1, 0.15) is 39.5 Å². The Labute approximate surface area is 138 Å². The van der Waals surface area contributed by atoms with Gasteiger partial charge in [-0.1, -0.05) is 6.42 Å². The van der Waals surface area contributed by atoms with Crippen LogP contribution in [-0.2, 0) is 14.8 Å². The van der Waals surface area contributed by atoms with Gasteiger partial charge in [0.15, 0.2) is 0 Å². The van der Waals surface area contributed by atoms with E-state index in [1.165, 1.54) is 19.3 Å². The highest BCUT2D eigenvalue weighted by Gasteiger charge is 2.58. The van der Waals surface area contributed by atoms with E-state index in [1.54, 1.807) is 6.92 Å². The van der Waals surface area contributed by atoms with Gasteiger partial charge in [0, 0.05) is 29.4 Å². The van der Waals surface area contributed by atoms with Crippen LogP contribution in [0, 0.1) is 5.41 Å². The summed E-state index contributed by atoms with van der Waals surface area (Å²) in [6.45, 7) is 4.47. The number of hydrogen-bond acceptors (Lipinski definition) is 4. The van der Waals surface area contributed by atoms with Crippen molar-refractivity contribution in [3.63, 3.8) is 0 Å². The number of benzene rings is 1. The third-order valence-electron chi connectivity index (χ3n) is 5.32. The summed E-state index contributed by atoms with van der Waals surface area (Å²) in [5.74, 6) is 0.0798. The van der Waals surface area contributed by atoms with Crippen LogP contribution in [0.2, 0.25) is 0 Å². The lowest BCUT2D eigenvalue weighted by Gasteiger charge is -2.61. The van der Waals surface area contributed by atoms with Gasteiger partial charge in [-0.05, 0) is 57.4 Å². The molecule has 128 valence electrons. The molecule has 1 aromatic rings. The predicted molar refractivity (Wildman–Crippen MR) is 93.3 cm³/mol. The van der Waals surface area contributed by atoms with Crippen LogP contribution in [0.4, 0.5) is 11.4 Å². The van der Waals surface area contributed by atoms with E-state index >= 15 is 0 Å². The summed E-state index contributed by atoms with van der Waals surface area (Å²) in [5.41, 5.74) is 1.96. The largest absolute Gasteiger partial charge is 0.382 e. The molecular weight excluding hydrogens is 312 g/mol. The first kappa shape index (κ1) is 16.6. The average Bonchev–Trinajstić information content (AvgIpc) is 2.46. The quantitative estimate of drug-likeness (QED) is 0.801. The van der Waals surface area contributed by atoms with Crippen molar-refractivity contribution in [2.24, 2.45) is 5.41 Å². The molecule has 1 spiro atoms. The van der Waals surface area contributed by atoms with Crippen molar-refractivity contribution < 1.29 is 13.2 Å². The van der Waals surface area contributed by atoms with Crippen LogP contribution in [0.3, 0.4) is 0 Å². The first-order valence-corrected chi connectivity index (χ1v) is 10.1. The number of anilines is 2. The van der Waals surface area contributed by atoms with E-state index < -0.39 is 10.0 Å². The number of nitrogens with one attached hydrogen (secondary N) is 2. The topological polar surface area (TPSA) is 67.4 Å². The van der Waals surface area contributed by atoms with Crippen LogP contribution in [0.15, 0.2) is 24.3 Å². The molecule has 0 amide bonds. The Morgan fingerprint density at radius 3 is 2.35 bits per heavy atom. The number of rotatable bonds is 7. The van der Waals surface area contributed by atoms with Crippen LogP contribution in [0.5, 0.6) is 0 Å². The van der Waals surface area contributed by atoms with Gasteiger partial charge in [-0.2, -0.15) is 0 Å². The lowest BCUT2D eigenvalue weighted by atomic mass is 9.51. The highest BCUT2D eigenvalue weighted by molar-refractivity contribution is 7.92. The Morgan fingerprint density at radius 2 is 1.83 bits per heavy atom. The standard InChI is InChI=1S/C17H26N2O3S/c1-3-22-16-12-15(17(16)10-5-11-17)18-13-6-8-14(9-7-13)19-23(20,21)4-2/h6-9,15-16,18-19H,3-5,10-12H2,1-2H3/t15-,16+/m1/s1. The van der Waals surface area contributed by atoms with Crippen LogP contribution < -0.4 is 10.0 Å². The molecule has 2 fully saturated rings. The highest BCUT2D eigenvalue weighted by atomic mass is 32.2. The molecule has 5 nitrogen and oxygen atoms in total. The van der Waals surface area contributed by atoms with E-state index in [1.807, 2.05) is 24.3 Å². The molecule has 0 heterocycles. The molecule has 0 bridgehead atoms. The third kappa shape index (κ3) is 3.19. The van der Waals surface area contributed by atoms with Crippen molar-refractivity contribution >= 4 is 21.4 Å². The molecule has 2 atom stereocenters. The van der Waals surface area contributed by atoms with Crippen LogP contribution in [-0.4, -0.2) is 32.9 Å². The van der Waals surface area contributed by atoms with E-state index in [2.05, 4.69) is 17.0 Å². The van der Waals surface area contributed by atoms with Gasteiger partial charge >= 0.3 is 0 Å². The average molecular weight is 338 g/mol. The van der Waals surface area contributed by atoms with Gasteiger partial charge in [0.2, 0.25) is 10.0 Å². The highest BCUT2D eigenvalue weighted by Crippen LogP contribution is 2.58. The van der Waals surface area contributed by atoms with Crippen molar-refractivity contribution in [3.05, 3.63) is 24.3 Å². The normalized spacial score (nSPS) is 25.5. The molecule has 0 radical (unpaired) electrons. The van der Waals surface area contributed by atoms with Crippen molar-refractivity contribution in [3.8, 4) is 0 Å². The van der Waals surface area contributed by atoms with Gasteiger partial charge in [0.25, 0.3) is 0 Å².